The van der Waals surface area contributed by atoms with E-state index in [0.29, 0.717) is 11.3 Å². The smallest absolute Gasteiger partial charge is 0.252 e. The van der Waals surface area contributed by atoms with E-state index in [1.165, 1.54) is 0 Å². The molecule has 16 heavy (non-hydrogen) atoms. The summed E-state index contributed by atoms with van der Waals surface area (Å²) in [5.74, 6) is 2.40. The second-order valence-corrected chi connectivity index (χ2v) is 3.60. The van der Waals surface area contributed by atoms with E-state index in [1.54, 1.807) is 24.3 Å². The van der Waals surface area contributed by atoms with Crippen molar-refractivity contribution < 1.29 is 4.79 Å². The zero-order valence-corrected chi connectivity index (χ0v) is 9.36. The standard InChI is InChI=1S/C13H16N2O/c1-3-5-12(4-2)15-13(16)10-6-8-11(14)9-7-10/h2,6-9,12H,3,5,14H2,1H3,(H,15,16). The molecule has 0 heterocycles. The second-order valence-electron chi connectivity index (χ2n) is 3.60. The van der Waals surface area contributed by atoms with Gasteiger partial charge in [-0.05, 0) is 30.7 Å². The molecule has 0 aromatic heterocycles. The van der Waals surface area contributed by atoms with Crippen molar-refractivity contribution in [2.75, 3.05) is 5.73 Å². The van der Waals surface area contributed by atoms with Gasteiger partial charge >= 0.3 is 0 Å². The Bertz CT molecular complexity index is 389. The molecule has 3 heteroatoms. The van der Waals surface area contributed by atoms with E-state index in [2.05, 4.69) is 11.2 Å². The minimum Gasteiger partial charge on any atom is -0.399 e. The van der Waals surface area contributed by atoms with Crippen LogP contribution in [-0.4, -0.2) is 11.9 Å². The molecule has 0 bridgehead atoms. The molecule has 1 aromatic rings. The first-order valence-corrected chi connectivity index (χ1v) is 5.30. The van der Waals surface area contributed by atoms with Crippen LogP contribution in [0.5, 0.6) is 0 Å². The summed E-state index contributed by atoms with van der Waals surface area (Å²) in [6.45, 7) is 2.03. The summed E-state index contributed by atoms with van der Waals surface area (Å²) < 4.78 is 0. The van der Waals surface area contributed by atoms with Crippen LogP contribution in [0.25, 0.3) is 0 Å². The van der Waals surface area contributed by atoms with Gasteiger partial charge in [0.15, 0.2) is 0 Å². The maximum atomic E-state index is 11.8. The van der Waals surface area contributed by atoms with Gasteiger partial charge in [0.1, 0.15) is 0 Å². The number of rotatable bonds is 4. The van der Waals surface area contributed by atoms with Crippen molar-refractivity contribution in [1.82, 2.24) is 5.32 Å². The number of nitrogens with two attached hydrogens (primary N) is 1. The Labute approximate surface area is 96.0 Å². The highest BCUT2D eigenvalue weighted by atomic mass is 16.1. The molecular formula is C13H16N2O. The third kappa shape index (κ3) is 3.32. The molecule has 1 unspecified atom stereocenters. The van der Waals surface area contributed by atoms with Crippen LogP contribution < -0.4 is 11.1 Å². The number of benzene rings is 1. The van der Waals surface area contributed by atoms with Crippen molar-refractivity contribution in [3.8, 4) is 12.3 Å². The van der Waals surface area contributed by atoms with E-state index in [4.69, 9.17) is 12.2 Å². The summed E-state index contributed by atoms with van der Waals surface area (Å²) >= 11 is 0. The van der Waals surface area contributed by atoms with Gasteiger partial charge in [0, 0.05) is 11.3 Å². The van der Waals surface area contributed by atoms with Crippen LogP contribution in [0, 0.1) is 12.3 Å². The third-order valence-corrected chi connectivity index (χ3v) is 2.26. The number of amides is 1. The molecule has 0 radical (unpaired) electrons. The lowest BCUT2D eigenvalue weighted by molar-refractivity contribution is 0.0944. The van der Waals surface area contributed by atoms with Gasteiger partial charge in [-0.2, -0.15) is 0 Å². The lowest BCUT2D eigenvalue weighted by Gasteiger charge is -2.11. The van der Waals surface area contributed by atoms with Gasteiger partial charge in [0.25, 0.3) is 5.91 Å². The van der Waals surface area contributed by atoms with Gasteiger partial charge in [0.2, 0.25) is 0 Å². The van der Waals surface area contributed by atoms with Crippen LogP contribution in [0.4, 0.5) is 5.69 Å². The lowest BCUT2D eigenvalue weighted by Crippen LogP contribution is -2.33. The zero-order chi connectivity index (χ0) is 12.0. The van der Waals surface area contributed by atoms with Crippen molar-refractivity contribution in [3.05, 3.63) is 29.8 Å². The minimum absolute atomic E-state index is 0.156. The SMILES string of the molecule is C#CC(CCC)NC(=O)c1ccc(N)cc1. The van der Waals surface area contributed by atoms with Gasteiger partial charge in [0.05, 0.1) is 6.04 Å². The molecule has 0 saturated heterocycles. The highest BCUT2D eigenvalue weighted by molar-refractivity contribution is 5.94. The van der Waals surface area contributed by atoms with E-state index in [9.17, 15) is 4.79 Å². The summed E-state index contributed by atoms with van der Waals surface area (Å²) in [7, 11) is 0. The molecule has 0 fully saturated rings. The Kier molecular flexibility index (Phi) is 4.41. The van der Waals surface area contributed by atoms with E-state index in [1.807, 2.05) is 6.92 Å². The summed E-state index contributed by atoms with van der Waals surface area (Å²) in [6, 6.07) is 6.56. The molecule has 1 aromatic carbocycles. The molecule has 0 aliphatic rings. The average molecular weight is 216 g/mol. The van der Waals surface area contributed by atoms with Crippen molar-refractivity contribution in [2.24, 2.45) is 0 Å². The van der Waals surface area contributed by atoms with Crippen LogP contribution in [0.2, 0.25) is 0 Å². The van der Waals surface area contributed by atoms with Gasteiger partial charge in [-0.25, -0.2) is 0 Å². The minimum atomic E-state index is -0.199. The molecule has 1 amide bonds. The van der Waals surface area contributed by atoms with Crippen molar-refractivity contribution in [3.63, 3.8) is 0 Å². The molecule has 3 nitrogen and oxygen atoms in total. The molecule has 0 saturated carbocycles. The van der Waals surface area contributed by atoms with Crippen LogP contribution in [-0.2, 0) is 0 Å². The Morgan fingerprint density at radius 3 is 2.62 bits per heavy atom. The van der Waals surface area contributed by atoms with Crippen LogP contribution in [0.1, 0.15) is 30.1 Å². The first-order valence-electron chi connectivity index (χ1n) is 5.30. The Balaban J connectivity index is 2.65. The fraction of sp³-hybridized carbons (Fsp3) is 0.308. The second kappa shape index (κ2) is 5.82. The van der Waals surface area contributed by atoms with E-state index in [-0.39, 0.29) is 11.9 Å². The monoisotopic (exact) mass is 216 g/mol. The molecule has 0 spiro atoms. The van der Waals surface area contributed by atoms with Gasteiger partial charge in [-0.15, -0.1) is 6.42 Å². The number of nitrogen functional groups attached to an aromatic ring is 1. The number of hydrogen-bond donors (Lipinski definition) is 2. The number of hydrogen-bond acceptors (Lipinski definition) is 2. The number of terminal acetylenes is 1. The largest absolute Gasteiger partial charge is 0.399 e. The predicted molar refractivity (Wildman–Crippen MR) is 65.8 cm³/mol. The molecule has 1 atom stereocenters. The Morgan fingerprint density at radius 2 is 2.12 bits per heavy atom. The normalized spacial score (nSPS) is 11.5. The highest BCUT2D eigenvalue weighted by Gasteiger charge is 2.10. The van der Waals surface area contributed by atoms with Crippen LogP contribution in [0.3, 0.4) is 0 Å². The molecule has 1 rings (SSSR count). The van der Waals surface area contributed by atoms with E-state index < -0.39 is 0 Å². The fourth-order valence-corrected chi connectivity index (χ4v) is 1.36. The lowest BCUT2D eigenvalue weighted by atomic mass is 10.1. The van der Waals surface area contributed by atoms with E-state index in [0.717, 1.165) is 12.8 Å². The van der Waals surface area contributed by atoms with Gasteiger partial charge < -0.3 is 11.1 Å². The van der Waals surface area contributed by atoms with Gasteiger partial charge in [-0.3, -0.25) is 4.79 Å². The zero-order valence-electron chi connectivity index (χ0n) is 9.36. The molecule has 0 aliphatic carbocycles. The van der Waals surface area contributed by atoms with E-state index >= 15 is 0 Å². The highest BCUT2D eigenvalue weighted by Crippen LogP contribution is 2.06. The Morgan fingerprint density at radius 1 is 1.50 bits per heavy atom. The summed E-state index contributed by atoms with van der Waals surface area (Å²) in [4.78, 5) is 11.8. The van der Waals surface area contributed by atoms with Crippen LogP contribution in [0.15, 0.2) is 24.3 Å². The predicted octanol–water partition coefficient (Wildman–Crippen LogP) is 1.80. The molecule has 84 valence electrons. The number of nitrogens with one attached hydrogen (secondary N) is 1. The molecular weight excluding hydrogens is 200 g/mol. The van der Waals surface area contributed by atoms with Gasteiger partial charge in [-0.1, -0.05) is 19.3 Å². The van der Waals surface area contributed by atoms with Crippen molar-refractivity contribution in [1.29, 1.82) is 0 Å². The first-order chi connectivity index (χ1) is 7.67. The third-order valence-electron chi connectivity index (χ3n) is 2.26. The molecule has 0 aliphatic heterocycles. The first kappa shape index (κ1) is 12.1. The average Bonchev–Trinajstić information content (AvgIpc) is 2.29. The number of anilines is 1. The molecule has 3 N–H and O–H groups in total. The summed E-state index contributed by atoms with van der Waals surface area (Å²) in [5, 5.41) is 2.79. The quantitative estimate of drug-likeness (QED) is 0.595. The van der Waals surface area contributed by atoms with Crippen molar-refractivity contribution >= 4 is 11.6 Å². The Hall–Kier alpha value is -1.95. The van der Waals surface area contributed by atoms with Crippen molar-refractivity contribution in [2.45, 2.75) is 25.8 Å². The maximum absolute atomic E-state index is 11.8. The summed E-state index contributed by atoms with van der Waals surface area (Å²) in [5.41, 5.74) is 6.75. The maximum Gasteiger partial charge on any atom is 0.252 e. The summed E-state index contributed by atoms with van der Waals surface area (Å²) in [6.07, 6.45) is 7.05. The fourth-order valence-electron chi connectivity index (χ4n) is 1.36. The number of carbonyl (C=O) groups excluding carboxylic acids is 1. The topological polar surface area (TPSA) is 55.1 Å². The van der Waals surface area contributed by atoms with Crippen LogP contribution >= 0.6 is 0 Å². The number of carbonyl (C=O) groups is 1.